The second-order valence-electron chi connectivity index (χ2n) is 7.69. The van der Waals surface area contributed by atoms with Crippen molar-refractivity contribution in [2.24, 2.45) is 0 Å². The van der Waals surface area contributed by atoms with E-state index in [1.165, 1.54) is 31.8 Å². The van der Waals surface area contributed by atoms with Crippen LogP contribution in [0.1, 0.15) is 76.8 Å². The highest BCUT2D eigenvalue weighted by Gasteiger charge is 2.18. The maximum absolute atomic E-state index is 11.8. The van der Waals surface area contributed by atoms with Gasteiger partial charge in [-0.2, -0.15) is 0 Å². The van der Waals surface area contributed by atoms with Gasteiger partial charge in [0, 0.05) is 11.6 Å². The van der Waals surface area contributed by atoms with Crippen LogP contribution in [0.5, 0.6) is 5.75 Å². The molecule has 26 heavy (non-hydrogen) atoms. The minimum absolute atomic E-state index is 0.153. The van der Waals surface area contributed by atoms with Gasteiger partial charge in [0.15, 0.2) is 0 Å². The lowest BCUT2D eigenvalue weighted by Crippen LogP contribution is -2.11. The van der Waals surface area contributed by atoms with Crippen molar-refractivity contribution in [2.45, 2.75) is 71.1 Å². The number of hydrogen-bond donors (Lipinski definition) is 1. The third-order valence-corrected chi connectivity index (χ3v) is 4.32. The van der Waals surface area contributed by atoms with Gasteiger partial charge in [0.1, 0.15) is 5.75 Å². The summed E-state index contributed by atoms with van der Waals surface area (Å²) in [5.41, 5.74) is 1.34. The maximum Gasteiger partial charge on any atom is 0.330 e. The Morgan fingerprint density at radius 3 is 2.42 bits per heavy atom. The molecule has 0 heterocycles. The molecule has 1 aromatic carbocycles. The van der Waals surface area contributed by atoms with E-state index >= 15 is 0 Å². The maximum atomic E-state index is 11.8. The Balaban J connectivity index is 2.32. The molecule has 3 nitrogen and oxygen atoms in total. The van der Waals surface area contributed by atoms with Gasteiger partial charge >= 0.3 is 5.97 Å². The number of para-hydroxylation sites is 1. The summed E-state index contributed by atoms with van der Waals surface area (Å²) in [6, 6.07) is 5.59. The summed E-state index contributed by atoms with van der Waals surface area (Å²) in [6.07, 6.45) is 12.9. The van der Waals surface area contributed by atoms with Crippen LogP contribution in [0.2, 0.25) is 0 Å². The van der Waals surface area contributed by atoms with E-state index < -0.39 is 0 Å². The van der Waals surface area contributed by atoms with E-state index in [0.29, 0.717) is 12.2 Å². The molecule has 0 saturated heterocycles. The number of carbonyl (C=O) groups is 1. The molecule has 0 aliphatic rings. The summed E-state index contributed by atoms with van der Waals surface area (Å²) in [5.74, 6) is -0.142. The van der Waals surface area contributed by atoms with Crippen molar-refractivity contribution >= 4 is 12.0 Å². The van der Waals surface area contributed by atoms with Crippen molar-refractivity contribution in [3.8, 4) is 5.75 Å². The average molecular weight is 359 g/mol. The molecule has 0 aliphatic carbocycles. The number of carbonyl (C=O) groups excluding carboxylic acids is 1. The van der Waals surface area contributed by atoms with Gasteiger partial charge in [0.2, 0.25) is 0 Å². The molecule has 0 unspecified atom stereocenters. The van der Waals surface area contributed by atoms with Gasteiger partial charge in [-0.3, -0.25) is 0 Å². The third-order valence-electron chi connectivity index (χ3n) is 4.32. The predicted molar refractivity (Wildman–Crippen MR) is 109 cm³/mol. The fourth-order valence-electron chi connectivity index (χ4n) is 2.78. The molecular weight excluding hydrogens is 324 g/mol. The molecular formula is C23H34O3. The Bertz CT molecular complexity index is 594. The molecule has 0 atom stereocenters. The SMILES string of the molecule is C=CCCCCCCCCOC(=O)/C=C/c1cccc(C(C)(C)C)c1O. The molecule has 144 valence electrons. The van der Waals surface area contributed by atoms with E-state index in [1.807, 2.05) is 39.0 Å². The molecule has 0 fully saturated rings. The zero-order valence-electron chi connectivity index (χ0n) is 16.6. The summed E-state index contributed by atoms with van der Waals surface area (Å²) in [4.78, 5) is 11.8. The zero-order chi connectivity index (χ0) is 19.4. The van der Waals surface area contributed by atoms with Crippen molar-refractivity contribution in [3.05, 3.63) is 48.1 Å². The minimum atomic E-state index is -0.364. The van der Waals surface area contributed by atoms with E-state index in [1.54, 1.807) is 12.1 Å². The number of phenols is 1. The largest absolute Gasteiger partial charge is 0.507 e. The second-order valence-corrected chi connectivity index (χ2v) is 7.69. The van der Waals surface area contributed by atoms with Crippen LogP contribution in [-0.4, -0.2) is 17.7 Å². The first kappa shape index (κ1) is 22.0. The van der Waals surface area contributed by atoms with Crippen LogP contribution >= 0.6 is 0 Å². The molecule has 0 saturated carbocycles. The molecule has 1 N–H and O–H groups in total. The molecule has 1 rings (SSSR count). The number of allylic oxidation sites excluding steroid dienone is 1. The fraction of sp³-hybridized carbons (Fsp3) is 0.522. The lowest BCUT2D eigenvalue weighted by molar-refractivity contribution is -0.137. The molecule has 3 heteroatoms. The van der Waals surface area contributed by atoms with Crippen molar-refractivity contribution in [1.29, 1.82) is 0 Å². The van der Waals surface area contributed by atoms with E-state index in [4.69, 9.17) is 4.74 Å². The zero-order valence-corrected chi connectivity index (χ0v) is 16.6. The first-order valence-electron chi connectivity index (χ1n) is 9.64. The summed E-state index contributed by atoms with van der Waals surface area (Å²) in [5, 5.41) is 10.4. The summed E-state index contributed by atoms with van der Waals surface area (Å²) in [6.45, 7) is 10.3. The average Bonchev–Trinajstić information content (AvgIpc) is 2.58. The van der Waals surface area contributed by atoms with E-state index in [0.717, 1.165) is 24.8 Å². The van der Waals surface area contributed by atoms with Crippen LogP contribution in [0.3, 0.4) is 0 Å². The Morgan fingerprint density at radius 1 is 1.12 bits per heavy atom. The highest BCUT2D eigenvalue weighted by molar-refractivity contribution is 5.87. The van der Waals surface area contributed by atoms with Gasteiger partial charge in [0.25, 0.3) is 0 Å². The molecule has 0 aromatic heterocycles. The fourth-order valence-corrected chi connectivity index (χ4v) is 2.78. The number of rotatable bonds is 11. The van der Waals surface area contributed by atoms with Crippen LogP contribution in [-0.2, 0) is 14.9 Å². The van der Waals surface area contributed by atoms with Crippen LogP contribution in [0, 0.1) is 0 Å². The molecule has 0 radical (unpaired) electrons. The normalized spacial score (nSPS) is 11.7. The number of aromatic hydroxyl groups is 1. The number of phenolic OH excluding ortho intramolecular Hbond substituents is 1. The molecule has 1 aromatic rings. The molecule has 0 bridgehead atoms. The third kappa shape index (κ3) is 8.37. The quantitative estimate of drug-likeness (QED) is 0.223. The lowest BCUT2D eigenvalue weighted by Gasteiger charge is -2.21. The Kier molecular flexibility index (Phi) is 9.79. The van der Waals surface area contributed by atoms with Crippen molar-refractivity contribution in [1.82, 2.24) is 0 Å². The van der Waals surface area contributed by atoms with E-state index in [-0.39, 0.29) is 17.1 Å². The highest BCUT2D eigenvalue weighted by Crippen LogP contribution is 2.33. The number of esters is 1. The van der Waals surface area contributed by atoms with Crippen LogP contribution in [0.4, 0.5) is 0 Å². The summed E-state index contributed by atoms with van der Waals surface area (Å²) in [7, 11) is 0. The smallest absolute Gasteiger partial charge is 0.330 e. The Hall–Kier alpha value is -2.03. The first-order valence-corrected chi connectivity index (χ1v) is 9.64. The number of hydrogen-bond acceptors (Lipinski definition) is 3. The van der Waals surface area contributed by atoms with Gasteiger partial charge in [-0.25, -0.2) is 4.79 Å². The second kappa shape index (κ2) is 11.6. The minimum Gasteiger partial charge on any atom is -0.507 e. The Morgan fingerprint density at radius 2 is 1.77 bits per heavy atom. The van der Waals surface area contributed by atoms with Crippen LogP contribution < -0.4 is 0 Å². The molecule has 0 spiro atoms. The number of benzene rings is 1. The standard InChI is InChI=1S/C23H34O3/c1-5-6-7-8-9-10-11-12-18-26-21(24)17-16-19-14-13-15-20(22(19)25)23(2,3)4/h5,13-17,25H,1,6-12,18H2,2-4H3/b17-16+. The molecule has 0 amide bonds. The first-order chi connectivity index (χ1) is 12.4. The van der Waals surface area contributed by atoms with Crippen molar-refractivity contribution in [3.63, 3.8) is 0 Å². The Labute approximate surface area is 158 Å². The van der Waals surface area contributed by atoms with Gasteiger partial charge in [-0.1, -0.05) is 70.7 Å². The number of unbranched alkanes of at least 4 members (excludes halogenated alkanes) is 6. The predicted octanol–water partition coefficient (Wildman–Crippen LogP) is 6.16. The van der Waals surface area contributed by atoms with E-state index in [2.05, 4.69) is 6.58 Å². The van der Waals surface area contributed by atoms with Gasteiger partial charge < -0.3 is 9.84 Å². The van der Waals surface area contributed by atoms with Gasteiger partial charge in [0.05, 0.1) is 6.61 Å². The van der Waals surface area contributed by atoms with Crippen LogP contribution in [0.15, 0.2) is 36.9 Å². The van der Waals surface area contributed by atoms with Gasteiger partial charge in [-0.05, 0) is 36.3 Å². The van der Waals surface area contributed by atoms with Crippen molar-refractivity contribution in [2.75, 3.05) is 6.61 Å². The number of ether oxygens (including phenoxy) is 1. The molecule has 0 aliphatic heterocycles. The lowest BCUT2D eigenvalue weighted by atomic mass is 9.85. The highest BCUT2D eigenvalue weighted by atomic mass is 16.5. The van der Waals surface area contributed by atoms with Crippen molar-refractivity contribution < 1.29 is 14.6 Å². The summed E-state index contributed by atoms with van der Waals surface area (Å²) >= 11 is 0. The topological polar surface area (TPSA) is 46.5 Å². The van der Waals surface area contributed by atoms with E-state index in [9.17, 15) is 9.90 Å². The monoisotopic (exact) mass is 358 g/mol. The van der Waals surface area contributed by atoms with Gasteiger partial charge in [-0.15, -0.1) is 6.58 Å². The van der Waals surface area contributed by atoms with Crippen LogP contribution in [0.25, 0.3) is 6.08 Å². The summed E-state index contributed by atoms with van der Waals surface area (Å²) < 4.78 is 5.23.